The van der Waals surface area contributed by atoms with E-state index >= 15 is 4.57 Å². The van der Waals surface area contributed by atoms with Crippen LogP contribution in [-0.2, 0) is 4.57 Å². The lowest BCUT2D eigenvalue weighted by Gasteiger charge is -2.43. The van der Waals surface area contributed by atoms with E-state index in [0.29, 0.717) is 0 Å². The van der Waals surface area contributed by atoms with E-state index in [0.717, 1.165) is 50.0 Å². The first-order chi connectivity index (χ1) is 26.2. The number of anilines is 6. The van der Waals surface area contributed by atoms with Crippen LogP contribution in [0.25, 0.3) is 0 Å². The number of nitrogens with zero attached hydrogens (tertiary/aromatic N) is 2. The Morgan fingerprint density at radius 3 is 1.11 bits per heavy atom. The SMILES string of the molecule is O=P1(c2ccc(N3c4ccccc4N(c4ccccc4)c4ccccc43)cc2)c2ccccc2[Si](c2ccccc2)(c2ccccc2)c2ccccc21. The van der Waals surface area contributed by atoms with Crippen LogP contribution in [0.2, 0.25) is 0 Å². The maximum absolute atomic E-state index is 16.3. The second-order valence-electron chi connectivity index (χ2n) is 13.6. The van der Waals surface area contributed by atoms with E-state index in [4.69, 9.17) is 0 Å². The van der Waals surface area contributed by atoms with Gasteiger partial charge in [0.15, 0.2) is 15.2 Å². The summed E-state index contributed by atoms with van der Waals surface area (Å²) in [5.41, 5.74) is 6.51. The van der Waals surface area contributed by atoms with Crippen molar-refractivity contribution >= 4 is 86.0 Å². The Balaban J connectivity index is 1.16. The number of hydrogen-bond donors (Lipinski definition) is 0. The lowest BCUT2D eigenvalue weighted by Crippen LogP contribution is -2.81. The predicted octanol–water partition coefficient (Wildman–Crippen LogP) is 8.27. The lowest BCUT2D eigenvalue weighted by atomic mass is 10.0. The molecule has 8 aromatic carbocycles. The average molecular weight is 715 g/mol. The lowest BCUT2D eigenvalue weighted by molar-refractivity contribution is 0.592. The molecule has 0 aromatic heterocycles. The summed E-state index contributed by atoms with van der Waals surface area (Å²) in [5.74, 6) is 0. The molecule has 0 N–H and O–H groups in total. The Bertz CT molecular complexity index is 2520. The molecule has 2 heterocycles. The van der Waals surface area contributed by atoms with Crippen LogP contribution in [0.15, 0.2) is 212 Å². The molecule has 0 bridgehead atoms. The van der Waals surface area contributed by atoms with Gasteiger partial charge >= 0.3 is 0 Å². The van der Waals surface area contributed by atoms with Crippen molar-refractivity contribution in [2.45, 2.75) is 0 Å². The zero-order valence-electron chi connectivity index (χ0n) is 29.0. The first-order valence-corrected chi connectivity index (χ1v) is 21.8. The first kappa shape index (κ1) is 31.5. The molecule has 10 rings (SSSR count). The molecule has 2 aliphatic rings. The Hall–Kier alpha value is -6.19. The number of para-hydroxylation sites is 5. The van der Waals surface area contributed by atoms with E-state index in [9.17, 15) is 0 Å². The second kappa shape index (κ2) is 12.5. The summed E-state index contributed by atoms with van der Waals surface area (Å²) in [7, 11) is -6.14. The highest BCUT2D eigenvalue weighted by Crippen LogP contribution is 2.54. The topological polar surface area (TPSA) is 23.6 Å². The van der Waals surface area contributed by atoms with Crippen LogP contribution >= 0.6 is 7.14 Å². The van der Waals surface area contributed by atoms with Gasteiger partial charge in [-0.15, -0.1) is 0 Å². The molecule has 0 fully saturated rings. The largest absolute Gasteiger partial charge is 0.309 e. The highest BCUT2D eigenvalue weighted by molar-refractivity contribution is 7.87. The molecule has 0 aliphatic carbocycles. The van der Waals surface area contributed by atoms with Gasteiger partial charge in [0.1, 0.15) is 0 Å². The van der Waals surface area contributed by atoms with Gasteiger partial charge in [-0.05, 0) is 81.4 Å². The van der Waals surface area contributed by atoms with Crippen molar-refractivity contribution in [2.24, 2.45) is 0 Å². The average Bonchev–Trinajstić information content (AvgIpc) is 3.24. The third-order valence-electron chi connectivity index (χ3n) is 10.9. The summed E-state index contributed by atoms with van der Waals surface area (Å²) in [6, 6.07) is 75.1. The fourth-order valence-corrected chi connectivity index (χ4v) is 18.4. The van der Waals surface area contributed by atoms with Crippen molar-refractivity contribution < 1.29 is 4.57 Å². The maximum Gasteiger partial charge on any atom is 0.181 e. The Kier molecular flexibility index (Phi) is 7.43. The van der Waals surface area contributed by atoms with Crippen LogP contribution in [0.1, 0.15) is 0 Å². The molecule has 0 radical (unpaired) electrons. The van der Waals surface area contributed by atoms with Crippen LogP contribution < -0.4 is 46.5 Å². The summed E-state index contributed by atoms with van der Waals surface area (Å²) in [4.78, 5) is 4.66. The maximum atomic E-state index is 16.3. The van der Waals surface area contributed by atoms with Gasteiger partial charge in [0, 0.05) is 27.3 Å². The van der Waals surface area contributed by atoms with E-state index in [-0.39, 0.29) is 0 Å². The molecule has 0 spiro atoms. The molecule has 0 saturated carbocycles. The number of hydrogen-bond acceptors (Lipinski definition) is 3. The van der Waals surface area contributed by atoms with Crippen LogP contribution in [-0.4, -0.2) is 8.07 Å². The molecule has 8 aromatic rings. The second-order valence-corrected chi connectivity index (χ2v) is 20.1. The van der Waals surface area contributed by atoms with E-state index in [1.54, 1.807) is 0 Å². The van der Waals surface area contributed by atoms with E-state index in [1.165, 1.54) is 20.7 Å². The molecule has 0 atom stereocenters. The van der Waals surface area contributed by atoms with E-state index in [1.807, 2.05) is 0 Å². The third kappa shape index (κ3) is 4.63. The molecular weight excluding hydrogens is 680 g/mol. The van der Waals surface area contributed by atoms with Crippen molar-refractivity contribution in [3.8, 4) is 0 Å². The molecular formula is C48H35N2OPSi. The standard InChI is InChI=1S/C48H35N2OPSi/c51-52(45-28-14-16-30-47(45)53(39-20-6-2-7-21-39,40-22-8-3-9-23-40)48-31-17-15-29-46(48)52)38-34-32-37(33-35-38)50-43-26-12-10-24-41(43)49(36-18-4-1-5-19-36)42-25-11-13-27-44(42)50/h1-35H. The number of rotatable bonds is 5. The minimum absolute atomic E-state index is 0.842. The minimum Gasteiger partial charge on any atom is -0.309 e. The summed E-state index contributed by atoms with van der Waals surface area (Å²) in [6.07, 6.45) is 0. The fourth-order valence-electron chi connectivity index (χ4n) is 8.74. The zero-order valence-corrected chi connectivity index (χ0v) is 30.9. The predicted molar refractivity (Wildman–Crippen MR) is 226 cm³/mol. The van der Waals surface area contributed by atoms with Gasteiger partial charge in [-0.3, -0.25) is 0 Å². The molecule has 0 saturated heterocycles. The number of benzene rings is 8. The minimum atomic E-state index is -3.30. The van der Waals surface area contributed by atoms with Gasteiger partial charge in [0.2, 0.25) is 0 Å². The van der Waals surface area contributed by atoms with E-state index < -0.39 is 15.2 Å². The van der Waals surface area contributed by atoms with Gasteiger partial charge < -0.3 is 14.4 Å². The molecule has 3 nitrogen and oxygen atoms in total. The molecule has 252 valence electrons. The third-order valence-corrected chi connectivity index (χ3v) is 19.4. The summed E-state index contributed by atoms with van der Waals surface area (Å²) in [6.45, 7) is 0. The van der Waals surface area contributed by atoms with Crippen molar-refractivity contribution in [1.82, 2.24) is 0 Å². The number of fused-ring (bicyclic) bond motifs is 4. The summed E-state index contributed by atoms with van der Waals surface area (Å²) >= 11 is 0. The quantitative estimate of drug-likeness (QED) is 0.133. The Morgan fingerprint density at radius 2 is 0.679 bits per heavy atom. The van der Waals surface area contributed by atoms with Gasteiger partial charge in [0.05, 0.1) is 22.7 Å². The van der Waals surface area contributed by atoms with E-state index in [2.05, 4.69) is 222 Å². The van der Waals surface area contributed by atoms with Crippen LogP contribution in [0.5, 0.6) is 0 Å². The van der Waals surface area contributed by atoms with Crippen molar-refractivity contribution in [1.29, 1.82) is 0 Å². The van der Waals surface area contributed by atoms with Crippen molar-refractivity contribution in [3.63, 3.8) is 0 Å². The van der Waals surface area contributed by atoms with Crippen LogP contribution in [0, 0.1) is 0 Å². The van der Waals surface area contributed by atoms with Gasteiger partial charge in [-0.25, -0.2) is 0 Å². The first-order valence-electron chi connectivity index (χ1n) is 18.1. The van der Waals surface area contributed by atoms with Gasteiger partial charge in [-0.2, -0.15) is 0 Å². The molecule has 2 aliphatic heterocycles. The van der Waals surface area contributed by atoms with Gasteiger partial charge in [-0.1, -0.05) is 152 Å². The molecule has 0 unspecified atom stereocenters. The summed E-state index contributed by atoms with van der Waals surface area (Å²) < 4.78 is 16.3. The van der Waals surface area contributed by atoms with Crippen molar-refractivity contribution in [2.75, 3.05) is 9.80 Å². The van der Waals surface area contributed by atoms with Crippen LogP contribution in [0.3, 0.4) is 0 Å². The summed E-state index contributed by atoms with van der Waals surface area (Å²) in [5, 5.41) is 7.71. The van der Waals surface area contributed by atoms with Gasteiger partial charge in [0.25, 0.3) is 0 Å². The fraction of sp³-hybridized carbons (Fsp3) is 0. The highest BCUT2D eigenvalue weighted by atomic mass is 31.2. The molecule has 5 heteroatoms. The Morgan fingerprint density at radius 1 is 0.340 bits per heavy atom. The molecule has 0 amide bonds. The monoisotopic (exact) mass is 714 g/mol. The Labute approximate surface area is 311 Å². The van der Waals surface area contributed by atoms with Crippen molar-refractivity contribution in [3.05, 3.63) is 212 Å². The smallest absolute Gasteiger partial charge is 0.181 e. The van der Waals surface area contributed by atoms with Crippen LogP contribution in [0.4, 0.5) is 34.1 Å². The molecule has 53 heavy (non-hydrogen) atoms. The highest BCUT2D eigenvalue weighted by Gasteiger charge is 2.52. The normalized spacial score (nSPS) is 14.7. The zero-order chi connectivity index (χ0) is 35.4.